The van der Waals surface area contributed by atoms with Crippen LogP contribution < -0.4 is 20.1 Å². The highest BCUT2D eigenvalue weighted by atomic mass is 16.5. The molecule has 1 fully saturated rings. The maximum Gasteiger partial charge on any atom is 0.221 e. The molecule has 132 valence electrons. The lowest BCUT2D eigenvalue weighted by molar-refractivity contribution is -0.121. The van der Waals surface area contributed by atoms with Gasteiger partial charge in [-0.05, 0) is 37.1 Å². The van der Waals surface area contributed by atoms with E-state index < -0.39 is 0 Å². The Balaban J connectivity index is 1.48. The molecule has 0 bridgehead atoms. The van der Waals surface area contributed by atoms with E-state index in [0.29, 0.717) is 30.6 Å². The van der Waals surface area contributed by atoms with Crippen LogP contribution >= 0.6 is 0 Å². The average Bonchev–Trinajstić information content (AvgIpc) is 3.14. The van der Waals surface area contributed by atoms with Gasteiger partial charge in [0.1, 0.15) is 11.5 Å². The Kier molecular flexibility index (Phi) is 5.85. The fourth-order valence-electron chi connectivity index (χ4n) is 2.79. The molecule has 1 amide bonds. The topological polar surface area (TPSA) is 72.5 Å². The van der Waals surface area contributed by atoms with Gasteiger partial charge in [0.15, 0.2) is 0 Å². The van der Waals surface area contributed by atoms with Crippen LogP contribution in [0.3, 0.4) is 0 Å². The number of carbonyl (C=O) groups is 1. The molecule has 0 saturated carbocycles. The molecule has 25 heavy (non-hydrogen) atoms. The van der Waals surface area contributed by atoms with Gasteiger partial charge in [-0.15, -0.1) is 0 Å². The van der Waals surface area contributed by atoms with E-state index in [4.69, 9.17) is 9.47 Å². The van der Waals surface area contributed by atoms with E-state index in [0.717, 1.165) is 30.7 Å². The molecule has 2 heterocycles. The Labute approximate surface area is 147 Å². The summed E-state index contributed by atoms with van der Waals surface area (Å²) in [6.45, 7) is 1.48. The van der Waals surface area contributed by atoms with Gasteiger partial charge in [0.25, 0.3) is 0 Å². The normalized spacial score (nSPS) is 16.4. The van der Waals surface area contributed by atoms with Gasteiger partial charge >= 0.3 is 0 Å². The molecule has 1 unspecified atom stereocenters. The van der Waals surface area contributed by atoms with Crippen LogP contribution in [0.1, 0.15) is 24.8 Å². The van der Waals surface area contributed by atoms with E-state index in [2.05, 4.69) is 15.6 Å². The smallest absolute Gasteiger partial charge is 0.221 e. The summed E-state index contributed by atoms with van der Waals surface area (Å²) < 4.78 is 10.9. The summed E-state index contributed by atoms with van der Waals surface area (Å²) in [6.07, 6.45) is 4.47. The highest BCUT2D eigenvalue weighted by Gasteiger charge is 2.17. The lowest BCUT2D eigenvalue weighted by Crippen LogP contribution is -2.31. The van der Waals surface area contributed by atoms with Crippen molar-refractivity contribution in [1.29, 1.82) is 0 Å². The molecule has 1 atom stereocenters. The molecule has 2 aromatic rings. The van der Waals surface area contributed by atoms with E-state index in [1.807, 2.05) is 24.3 Å². The third-order valence-electron chi connectivity index (χ3n) is 4.15. The predicted molar refractivity (Wildman–Crippen MR) is 94.8 cm³/mol. The van der Waals surface area contributed by atoms with Crippen molar-refractivity contribution in [3.05, 3.63) is 48.2 Å². The van der Waals surface area contributed by atoms with Gasteiger partial charge in [0, 0.05) is 37.3 Å². The molecule has 1 aromatic heterocycles. The Bertz CT molecular complexity index is 697. The van der Waals surface area contributed by atoms with Gasteiger partial charge in [-0.1, -0.05) is 12.1 Å². The van der Waals surface area contributed by atoms with Crippen LogP contribution in [0.4, 0.5) is 0 Å². The Morgan fingerprint density at radius 1 is 1.32 bits per heavy atom. The zero-order valence-corrected chi connectivity index (χ0v) is 14.3. The van der Waals surface area contributed by atoms with Gasteiger partial charge in [0.2, 0.25) is 11.8 Å². The summed E-state index contributed by atoms with van der Waals surface area (Å²) in [5, 5.41) is 6.26. The van der Waals surface area contributed by atoms with Crippen molar-refractivity contribution in [1.82, 2.24) is 15.6 Å². The Morgan fingerprint density at radius 2 is 2.20 bits per heavy atom. The SMILES string of the molecule is COc1cccc(Oc2ccc(CNC(=O)CC3CCCN3)cn2)c1. The second kappa shape index (κ2) is 8.48. The van der Waals surface area contributed by atoms with Gasteiger partial charge in [-0.2, -0.15) is 0 Å². The second-order valence-corrected chi connectivity index (χ2v) is 6.06. The van der Waals surface area contributed by atoms with Crippen molar-refractivity contribution in [3.8, 4) is 17.4 Å². The molecule has 1 aliphatic rings. The number of nitrogens with one attached hydrogen (secondary N) is 2. The minimum Gasteiger partial charge on any atom is -0.497 e. The molecule has 2 N–H and O–H groups in total. The molecule has 1 aromatic carbocycles. The third-order valence-corrected chi connectivity index (χ3v) is 4.15. The predicted octanol–water partition coefficient (Wildman–Crippen LogP) is 2.64. The minimum absolute atomic E-state index is 0.0658. The molecule has 3 rings (SSSR count). The fourth-order valence-corrected chi connectivity index (χ4v) is 2.79. The van der Waals surface area contributed by atoms with E-state index in [1.54, 1.807) is 25.4 Å². The maximum absolute atomic E-state index is 11.9. The molecular formula is C19H23N3O3. The van der Waals surface area contributed by atoms with Crippen LogP contribution in [-0.2, 0) is 11.3 Å². The van der Waals surface area contributed by atoms with Crippen molar-refractivity contribution in [2.45, 2.75) is 31.8 Å². The number of amides is 1. The van der Waals surface area contributed by atoms with E-state index in [9.17, 15) is 4.79 Å². The van der Waals surface area contributed by atoms with Gasteiger partial charge in [-0.3, -0.25) is 4.79 Å². The quantitative estimate of drug-likeness (QED) is 0.810. The lowest BCUT2D eigenvalue weighted by atomic mass is 10.1. The van der Waals surface area contributed by atoms with Gasteiger partial charge in [0.05, 0.1) is 7.11 Å². The third kappa shape index (κ3) is 5.19. The first-order chi connectivity index (χ1) is 12.2. The number of rotatable bonds is 7. The van der Waals surface area contributed by atoms with Crippen molar-refractivity contribution in [3.63, 3.8) is 0 Å². The summed E-state index contributed by atoms with van der Waals surface area (Å²) in [4.78, 5) is 16.2. The summed E-state index contributed by atoms with van der Waals surface area (Å²) >= 11 is 0. The largest absolute Gasteiger partial charge is 0.497 e. The second-order valence-electron chi connectivity index (χ2n) is 6.06. The standard InChI is InChI=1S/C19H23N3O3/c1-24-16-5-2-6-17(11-16)25-19-8-7-14(13-22-19)12-21-18(23)10-15-4-3-9-20-15/h2,5-8,11,13,15,20H,3-4,9-10,12H2,1H3,(H,21,23). The molecule has 6 heteroatoms. The van der Waals surface area contributed by atoms with E-state index in [1.165, 1.54) is 0 Å². The van der Waals surface area contributed by atoms with Crippen LogP contribution in [0.15, 0.2) is 42.6 Å². The maximum atomic E-state index is 11.9. The summed E-state index contributed by atoms with van der Waals surface area (Å²) in [6, 6.07) is 11.4. The number of ether oxygens (including phenoxy) is 2. The summed E-state index contributed by atoms with van der Waals surface area (Å²) in [5.74, 6) is 1.96. The van der Waals surface area contributed by atoms with Gasteiger partial charge in [-0.25, -0.2) is 4.98 Å². The average molecular weight is 341 g/mol. The minimum atomic E-state index is 0.0658. The molecule has 1 saturated heterocycles. The van der Waals surface area contributed by atoms with E-state index in [-0.39, 0.29) is 5.91 Å². The number of benzene rings is 1. The number of aromatic nitrogens is 1. The van der Waals surface area contributed by atoms with E-state index >= 15 is 0 Å². The molecule has 0 spiro atoms. The first kappa shape index (κ1) is 17.2. The molecular weight excluding hydrogens is 318 g/mol. The Hall–Kier alpha value is -2.60. The van der Waals surface area contributed by atoms with Gasteiger partial charge < -0.3 is 20.1 Å². The highest BCUT2D eigenvalue weighted by molar-refractivity contribution is 5.76. The molecule has 0 aliphatic carbocycles. The molecule has 0 radical (unpaired) electrons. The number of carbonyl (C=O) groups excluding carboxylic acids is 1. The zero-order chi connectivity index (χ0) is 17.5. The number of pyridine rings is 1. The van der Waals surface area contributed by atoms with Crippen molar-refractivity contribution < 1.29 is 14.3 Å². The first-order valence-corrected chi connectivity index (χ1v) is 8.50. The van der Waals surface area contributed by atoms with Crippen LogP contribution in [0.25, 0.3) is 0 Å². The summed E-state index contributed by atoms with van der Waals surface area (Å²) in [5.41, 5.74) is 0.936. The number of nitrogens with zero attached hydrogens (tertiary/aromatic N) is 1. The van der Waals surface area contributed by atoms with Crippen LogP contribution in [0.5, 0.6) is 17.4 Å². The highest BCUT2D eigenvalue weighted by Crippen LogP contribution is 2.23. The fraction of sp³-hybridized carbons (Fsp3) is 0.368. The monoisotopic (exact) mass is 341 g/mol. The van der Waals surface area contributed by atoms with Crippen LogP contribution in [0.2, 0.25) is 0 Å². The Morgan fingerprint density at radius 3 is 2.92 bits per heavy atom. The zero-order valence-electron chi connectivity index (χ0n) is 14.3. The summed E-state index contributed by atoms with van der Waals surface area (Å²) in [7, 11) is 1.61. The van der Waals surface area contributed by atoms with Crippen LogP contribution in [-0.4, -0.2) is 30.6 Å². The number of methoxy groups -OCH3 is 1. The molecule has 1 aliphatic heterocycles. The van der Waals surface area contributed by atoms with Crippen LogP contribution in [0, 0.1) is 0 Å². The van der Waals surface area contributed by atoms with Crippen molar-refractivity contribution >= 4 is 5.91 Å². The van der Waals surface area contributed by atoms with Crippen molar-refractivity contribution in [2.75, 3.05) is 13.7 Å². The first-order valence-electron chi connectivity index (χ1n) is 8.50. The van der Waals surface area contributed by atoms with Crippen molar-refractivity contribution in [2.24, 2.45) is 0 Å². The lowest BCUT2D eigenvalue weighted by Gasteiger charge is -2.11. The molecule has 6 nitrogen and oxygen atoms in total. The number of hydrogen-bond donors (Lipinski definition) is 2. The number of hydrogen-bond acceptors (Lipinski definition) is 5.